The van der Waals surface area contributed by atoms with Crippen LogP contribution < -0.4 is 0 Å². The van der Waals surface area contributed by atoms with E-state index in [4.69, 9.17) is 9.47 Å². The Kier molecular flexibility index (Phi) is 5.60. The minimum Gasteiger partial charge on any atom is -0.469 e. The number of benzene rings is 1. The number of amides is 1. The van der Waals surface area contributed by atoms with Gasteiger partial charge in [0.05, 0.1) is 13.5 Å². The third kappa shape index (κ3) is 4.48. The van der Waals surface area contributed by atoms with Crippen molar-refractivity contribution in [2.75, 3.05) is 13.7 Å². The summed E-state index contributed by atoms with van der Waals surface area (Å²) in [6, 6.07) is 9.44. The van der Waals surface area contributed by atoms with Gasteiger partial charge in [-0.15, -0.1) is 0 Å². The van der Waals surface area contributed by atoms with E-state index in [-0.39, 0.29) is 31.1 Å². The first kappa shape index (κ1) is 15.4. The van der Waals surface area contributed by atoms with Gasteiger partial charge in [0, 0.05) is 12.6 Å². The molecule has 0 unspecified atom stereocenters. The molecule has 0 aliphatic carbocycles. The molecule has 1 fully saturated rings. The molecule has 1 saturated heterocycles. The third-order valence-corrected chi connectivity index (χ3v) is 3.70. The molecule has 0 aromatic heterocycles. The monoisotopic (exact) mass is 291 g/mol. The summed E-state index contributed by atoms with van der Waals surface area (Å²) in [4.78, 5) is 25.3. The van der Waals surface area contributed by atoms with Crippen LogP contribution in [0.4, 0.5) is 4.79 Å². The van der Waals surface area contributed by atoms with Gasteiger partial charge >= 0.3 is 12.1 Å². The Hall–Kier alpha value is -2.04. The van der Waals surface area contributed by atoms with Crippen LogP contribution in [0.5, 0.6) is 0 Å². The molecule has 114 valence electrons. The normalized spacial score (nSPS) is 18.1. The van der Waals surface area contributed by atoms with Crippen LogP contribution in [-0.4, -0.2) is 36.7 Å². The molecular formula is C16H21NO4. The Balaban J connectivity index is 1.90. The highest BCUT2D eigenvalue weighted by Crippen LogP contribution is 2.21. The molecule has 5 nitrogen and oxygen atoms in total. The minimum atomic E-state index is -0.354. The number of esters is 1. The maximum absolute atomic E-state index is 12.2. The van der Waals surface area contributed by atoms with Crippen LogP contribution >= 0.6 is 0 Å². The van der Waals surface area contributed by atoms with E-state index < -0.39 is 0 Å². The fourth-order valence-corrected chi connectivity index (χ4v) is 2.53. The highest BCUT2D eigenvalue weighted by atomic mass is 16.6. The Morgan fingerprint density at radius 3 is 2.71 bits per heavy atom. The average molecular weight is 291 g/mol. The Bertz CT molecular complexity index is 474. The largest absolute Gasteiger partial charge is 0.469 e. The van der Waals surface area contributed by atoms with Gasteiger partial charge in [0.1, 0.15) is 6.61 Å². The summed E-state index contributed by atoms with van der Waals surface area (Å²) in [5.41, 5.74) is 0.951. The zero-order valence-corrected chi connectivity index (χ0v) is 12.3. The third-order valence-electron chi connectivity index (χ3n) is 3.70. The lowest BCUT2D eigenvalue weighted by atomic mass is 10.00. The second-order valence-electron chi connectivity index (χ2n) is 5.16. The van der Waals surface area contributed by atoms with E-state index in [1.807, 2.05) is 30.3 Å². The van der Waals surface area contributed by atoms with Crippen molar-refractivity contribution in [3.8, 4) is 0 Å². The lowest BCUT2D eigenvalue weighted by molar-refractivity contribution is -0.142. The topological polar surface area (TPSA) is 55.8 Å². The smallest absolute Gasteiger partial charge is 0.410 e. The van der Waals surface area contributed by atoms with Crippen LogP contribution in [0, 0.1) is 0 Å². The molecule has 1 aliphatic rings. The van der Waals surface area contributed by atoms with E-state index in [2.05, 4.69) is 0 Å². The molecule has 0 saturated carbocycles. The number of carbonyl (C=O) groups excluding carboxylic acids is 2. The summed E-state index contributed by atoms with van der Waals surface area (Å²) in [5, 5.41) is 0. The van der Waals surface area contributed by atoms with Gasteiger partial charge in [-0.3, -0.25) is 4.79 Å². The van der Waals surface area contributed by atoms with Crippen LogP contribution in [-0.2, 0) is 20.9 Å². The molecule has 0 radical (unpaired) electrons. The Labute approximate surface area is 124 Å². The van der Waals surface area contributed by atoms with Gasteiger partial charge < -0.3 is 14.4 Å². The molecule has 1 heterocycles. The van der Waals surface area contributed by atoms with Gasteiger partial charge in [0.2, 0.25) is 0 Å². The molecule has 2 rings (SSSR count). The predicted octanol–water partition coefficient (Wildman–Crippen LogP) is 2.74. The molecule has 1 aliphatic heterocycles. The van der Waals surface area contributed by atoms with Crippen molar-refractivity contribution in [3.63, 3.8) is 0 Å². The van der Waals surface area contributed by atoms with Crippen LogP contribution in [0.15, 0.2) is 30.3 Å². The van der Waals surface area contributed by atoms with Crippen molar-refractivity contribution >= 4 is 12.1 Å². The van der Waals surface area contributed by atoms with Crippen molar-refractivity contribution in [1.29, 1.82) is 0 Å². The molecule has 21 heavy (non-hydrogen) atoms. The number of hydrogen-bond donors (Lipinski definition) is 0. The average Bonchev–Trinajstić information content (AvgIpc) is 2.54. The van der Waals surface area contributed by atoms with Crippen molar-refractivity contribution in [2.45, 2.75) is 38.3 Å². The molecule has 0 N–H and O–H groups in total. The second-order valence-corrected chi connectivity index (χ2v) is 5.16. The summed E-state index contributed by atoms with van der Waals surface area (Å²) < 4.78 is 10.0. The summed E-state index contributed by atoms with van der Waals surface area (Å²) in [5.74, 6) is -0.289. The minimum absolute atomic E-state index is 0.116. The number of ether oxygens (including phenoxy) is 2. The first-order valence-electron chi connectivity index (χ1n) is 7.25. The van der Waals surface area contributed by atoms with E-state index in [0.717, 1.165) is 24.8 Å². The molecule has 1 aromatic carbocycles. The zero-order chi connectivity index (χ0) is 15.1. The molecule has 5 heteroatoms. The van der Waals surface area contributed by atoms with E-state index in [1.165, 1.54) is 7.11 Å². The van der Waals surface area contributed by atoms with Crippen molar-refractivity contribution in [3.05, 3.63) is 35.9 Å². The Morgan fingerprint density at radius 1 is 1.24 bits per heavy atom. The van der Waals surface area contributed by atoms with E-state index in [9.17, 15) is 9.59 Å². The van der Waals surface area contributed by atoms with E-state index in [1.54, 1.807) is 4.90 Å². The molecule has 0 bridgehead atoms. The fraction of sp³-hybridized carbons (Fsp3) is 0.500. The van der Waals surface area contributed by atoms with Gasteiger partial charge in [-0.05, 0) is 24.8 Å². The molecular weight excluding hydrogens is 270 g/mol. The number of hydrogen-bond acceptors (Lipinski definition) is 4. The molecule has 0 spiro atoms. The molecule has 1 amide bonds. The standard InChI is InChI=1S/C16H21NO4/c1-20-15(18)11-14-9-5-6-10-17(14)16(19)21-12-13-7-3-2-4-8-13/h2-4,7-8,14H,5-6,9-12H2,1H3/t14-/m1/s1. The number of carbonyl (C=O) groups is 2. The summed E-state index contributed by atoms with van der Waals surface area (Å²) in [7, 11) is 1.36. The first-order valence-corrected chi connectivity index (χ1v) is 7.25. The lowest BCUT2D eigenvalue weighted by Gasteiger charge is -2.34. The predicted molar refractivity (Wildman–Crippen MR) is 77.6 cm³/mol. The van der Waals surface area contributed by atoms with Crippen LogP contribution in [0.25, 0.3) is 0 Å². The van der Waals surface area contributed by atoms with Crippen LogP contribution in [0.1, 0.15) is 31.2 Å². The SMILES string of the molecule is COC(=O)C[C@H]1CCCCN1C(=O)OCc1ccccc1. The second kappa shape index (κ2) is 7.67. The summed E-state index contributed by atoms with van der Waals surface area (Å²) in [6.07, 6.45) is 2.65. The number of methoxy groups -OCH3 is 1. The summed E-state index contributed by atoms with van der Waals surface area (Å²) in [6.45, 7) is 0.885. The van der Waals surface area contributed by atoms with E-state index in [0.29, 0.717) is 6.54 Å². The van der Waals surface area contributed by atoms with Crippen molar-refractivity contribution in [1.82, 2.24) is 4.90 Å². The first-order chi connectivity index (χ1) is 10.2. The van der Waals surface area contributed by atoms with Gasteiger partial charge in [-0.2, -0.15) is 0 Å². The number of likely N-dealkylation sites (tertiary alicyclic amines) is 1. The molecule has 1 aromatic rings. The number of piperidine rings is 1. The fourth-order valence-electron chi connectivity index (χ4n) is 2.53. The van der Waals surface area contributed by atoms with Crippen LogP contribution in [0.2, 0.25) is 0 Å². The maximum Gasteiger partial charge on any atom is 0.410 e. The van der Waals surface area contributed by atoms with Gasteiger partial charge in [0.15, 0.2) is 0 Å². The van der Waals surface area contributed by atoms with Crippen molar-refractivity contribution in [2.24, 2.45) is 0 Å². The Morgan fingerprint density at radius 2 is 2.00 bits per heavy atom. The number of nitrogens with zero attached hydrogens (tertiary/aromatic N) is 1. The van der Waals surface area contributed by atoms with Crippen LogP contribution in [0.3, 0.4) is 0 Å². The van der Waals surface area contributed by atoms with Gasteiger partial charge in [-0.25, -0.2) is 4.79 Å². The van der Waals surface area contributed by atoms with Gasteiger partial charge in [0.25, 0.3) is 0 Å². The highest BCUT2D eigenvalue weighted by Gasteiger charge is 2.29. The molecule has 1 atom stereocenters. The highest BCUT2D eigenvalue weighted by molar-refractivity contribution is 5.73. The van der Waals surface area contributed by atoms with Gasteiger partial charge in [-0.1, -0.05) is 30.3 Å². The number of rotatable bonds is 4. The lowest BCUT2D eigenvalue weighted by Crippen LogP contribution is -2.45. The van der Waals surface area contributed by atoms with Crippen molar-refractivity contribution < 1.29 is 19.1 Å². The summed E-state index contributed by atoms with van der Waals surface area (Å²) >= 11 is 0. The zero-order valence-electron chi connectivity index (χ0n) is 12.3. The maximum atomic E-state index is 12.2. The van der Waals surface area contributed by atoms with E-state index >= 15 is 0 Å². The quantitative estimate of drug-likeness (QED) is 0.800.